The predicted molar refractivity (Wildman–Crippen MR) is 73.6 cm³/mol. The lowest BCUT2D eigenvalue weighted by Gasteiger charge is -2.20. The molecule has 1 aliphatic carbocycles. The van der Waals surface area contributed by atoms with Crippen molar-refractivity contribution >= 4 is 23.0 Å². The second kappa shape index (κ2) is 3.64. The van der Waals surface area contributed by atoms with Gasteiger partial charge in [-0.3, -0.25) is 4.79 Å². The zero-order valence-electron chi connectivity index (χ0n) is 10.8. The highest BCUT2D eigenvalue weighted by atomic mass is 16.1. The molecule has 96 valence electrons. The van der Waals surface area contributed by atoms with Gasteiger partial charge in [-0.2, -0.15) is 0 Å². The van der Waals surface area contributed by atoms with Crippen molar-refractivity contribution in [3.05, 3.63) is 17.7 Å². The predicted octanol–water partition coefficient (Wildman–Crippen LogP) is 2.36. The van der Waals surface area contributed by atoms with Crippen molar-refractivity contribution < 1.29 is 4.79 Å². The molecule has 1 amide bonds. The van der Waals surface area contributed by atoms with Gasteiger partial charge in [-0.1, -0.05) is 13.8 Å². The Morgan fingerprint density at radius 3 is 2.78 bits per heavy atom. The first-order valence-corrected chi connectivity index (χ1v) is 6.44. The third-order valence-corrected chi connectivity index (χ3v) is 4.01. The van der Waals surface area contributed by atoms with Crippen molar-refractivity contribution in [3.8, 4) is 0 Å². The van der Waals surface area contributed by atoms with Gasteiger partial charge in [-0.15, -0.1) is 0 Å². The molecule has 0 spiro atoms. The van der Waals surface area contributed by atoms with Gasteiger partial charge in [0.1, 0.15) is 0 Å². The summed E-state index contributed by atoms with van der Waals surface area (Å²) >= 11 is 0. The summed E-state index contributed by atoms with van der Waals surface area (Å²) in [4.78, 5) is 11.3. The number of anilines is 3. The molecule has 0 aromatic heterocycles. The SMILES string of the molecule is CC1(C)CC1Nc1cc2c(cc1N)NC(=O)CC2. The van der Waals surface area contributed by atoms with Gasteiger partial charge in [0.25, 0.3) is 0 Å². The van der Waals surface area contributed by atoms with Crippen LogP contribution in [0.25, 0.3) is 0 Å². The molecular weight excluding hydrogens is 226 g/mol. The normalized spacial score (nSPS) is 24.1. The Morgan fingerprint density at radius 2 is 2.11 bits per heavy atom. The van der Waals surface area contributed by atoms with Gasteiger partial charge in [0.2, 0.25) is 5.91 Å². The molecule has 1 fully saturated rings. The summed E-state index contributed by atoms with van der Waals surface area (Å²) in [7, 11) is 0. The van der Waals surface area contributed by atoms with Crippen molar-refractivity contribution in [1.29, 1.82) is 0 Å². The maximum atomic E-state index is 11.3. The molecule has 2 aliphatic rings. The van der Waals surface area contributed by atoms with E-state index in [2.05, 4.69) is 30.5 Å². The van der Waals surface area contributed by atoms with E-state index in [4.69, 9.17) is 5.73 Å². The van der Waals surface area contributed by atoms with E-state index in [-0.39, 0.29) is 5.91 Å². The monoisotopic (exact) mass is 245 g/mol. The second-order valence-electron chi connectivity index (χ2n) is 6.03. The number of hydrogen-bond donors (Lipinski definition) is 3. The van der Waals surface area contributed by atoms with Gasteiger partial charge in [0, 0.05) is 18.2 Å². The highest BCUT2D eigenvalue weighted by molar-refractivity contribution is 5.95. The Kier molecular flexibility index (Phi) is 2.30. The molecule has 0 radical (unpaired) electrons. The smallest absolute Gasteiger partial charge is 0.224 e. The molecule has 4 nitrogen and oxygen atoms in total. The third kappa shape index (κ3) is 1.92. The Balaban J connectivity index is 1.86. The number of amides is 1. The second-order valence-corrected chi connectivity index (χ2v) is 6.03. The first-order chi connectivity index (χ1) is 8.45. The Hall–Kier alpha value is -1.71. The molecule has 3 rings (SSSR count). The minimum Gasteiger partial charge on any atom is -0.397 e. The van der Waals surface area contributed by atoms with Crippen LogP contribution in [0.2, 0.25) is 0 Å². The number of nitrogens with two attached hydrogens (primary N) is 1. The van der Waals surface area contributed by atoms with Crippen molar-refractivity contribution in [1.82, 2.24) is 0 Å². The standard InChI is InChI=1S/C14H19N3O/c1-14(2)7-12(14)16-11-5-8-3-4-13(18)17-10(8)6-9(11)15/h5-6,12,16H,3-4,7,15H2,1-2H3,(H,17,18). The molecule has 1 aromatic rings. The van der Waals surface area contributed by atoms with Crippen LogP contribution in [0, 0.1) is 5.41 Å². The molecule has 1 heterocycles. The fraction of sp³-hybridized carbons (Fsp3) is 0.500. The molecule has 0 bridgehead atoms. The molecule has 18 heavy (non-hydrogen) atoms. The summed E-state index contributed by atoms with van der Waals surface area (Å²) < 4.78 is 0. The molecule has 1 aromatic carbocycles. The Labute approximate surface area is 107 Å². The summed E-state index contributed by atoms with van der Waals surface area (Å²) in [5, 5.41) is 6.36. The first kappa shape index (κ1) is 11.4. The van der Waals surface area contributed by atoms with E-state index in [1.54, 1.807) is 0 Å². The fourth-order valence-corrected chi connectivity index (χ4v) is 2.47. The molecular formula is C14H19N3O. The quantitative estimate of drug-likeness (QED) is 0.701. The zero-order chi connectivity index (χ0) is 12.9. The summed E-state index contributed by atoms with van der Waals surface area (Å²) in [6.45, 7) is 4.50. The summed E-state index contributed by atoms with van der Waals surface area (Å²) in [6.07, 6.45) is 2.54. The molecule has 4 N–H and O–H groups in total. The number of fused-ring (bicyclic) bond motifs is 1. The Bertz CT molecular complexity index is 522. The number of nitrogen functional groups attached to an aromatic ring is 1. The van der Waals surface area contributed by atoms with Gasteiger partial charge in [0.05, 0.1) is 11.4 Å². The van der Waals surface area contributed by atoms with Crippen LogP contribution in [0.3, 0.4) is 0 Å². The van der Waals surface area contributed by atoms with Gasteiger partial charge >= 0.3 is 0 Å². The fourth-order valence-electron chi connectivity index (χ4n) is 2.47. The van der Waals surface area contributed by atoms with Crippen LogP contribution in [-0.4, -0.2) is 11.9 Å². The molecule has 1 atom stereocenters. The van der Waals surface area contributed by atoms with Crippen molar-refractivity contribution in [2.45, 2.75) is 39.2 Å². The minimum atomic E-state index is 0.0749. The number of benzene rings is 1. The number of rotatable bonds is 2. The van der Waals surface area contributed by atoms with Gasteiger partial charge in [0.15, 0.2) is 0 Å². The minimum absolute atomic E-state index is 0.0749. The van der Waals surface area contributed by atoms with Crippen molar-refractivity contribution in [2.24, 2.45) is 5.41 Å². The summed E-state index contributed by atoms with van der Waals surface area (Å²) in [6, 6.07) is 4.46. The zero-order valence-corrected chi connectivity index (χ0v) is 10.8. The molecule has 1 aliphatic heterocycles. The van der Waals surface area contributed by atoms with Crippen LogP contribution in [0.5, 0.6) is 0 Å². The van der Waals surface area contributed by atoms with E-state index in [0.717, 1.165) is 17.8 Å². The lowest BCUT2D eigenvalue weighted by molar-refractivity contribution is -0.116. The van der Waals surface area contributed by atoms with E-state index in [1.165, 1.54) is 12.0 Å². The Morgan fingerprint density at radius 1 is 1.39 bits per heavy atom. The van der Waals surface area contributed by atoms with Crippen LogP contribution in [0.15, 0.2) is 12.1 Å². The van der Waals surface area contributed by atoms with Crippen LogP contribution in [0.4, 0.5) is 17.1 Å². The maximum Gasteiger partial charge on any atom is 0.224 e. The number of hydrogen-bond acceptors (Lipinski definition) is 3. The number of nitrogens with one attached hydrogen (secondary N) is 2. The van der Waals surface area contributed by atoms with E-state index < -0.39 is 0 Å². The third-order valence-electron chi connectivity index (χ3n) is 4.01. The van der Waals surface area contributed by atoms with Crippen LogP contribution in [-0.2, 0) is 11.2 Å². The largest absolute Gasteiger partial charge is 0.397 e. The van der Waals surface area contributed by atoms with Gasteiger partial charge < -0.3 is 16.4 Å². The van der Waals surface area contributed by atoms with E-state index in [9.17, 15) is 4.79 Å². The maximum absolute atomic E-state index is 11.3. The average molecular weight is 245 g/mol. The van der Waals surface area contributed by atoms with Crippen LogP contribution in [0.1, 0.15) is 32.3 Å². The lowest BCUT2D eigenvalue weighted by atomic mass is 10.0. The first-order valence-electron chi connectivity index (χ1n) is 6.44. The topological polar surface area (TPSA) is 67.2 Å². The van der Waals surface area contributed by atoms with Gasteiger partial charge in [-0.25, -0.2) is 0 Å². The average Bonchev–Trinajstić information content (AvgIpc) is 2.87. The molecule has 0 saturated heterocycles. The number of carbonyl (C=O) groups is 1. The summed E-state index contributed by atoms with van der Waals surface area (Å²) in [5.74, 6) is 0.0749. The van der Waals surface area contributed by atoms with Crippen molar-refractivity contribution in [2.75, 3.05) is 16.4 Å². The highest BCUT2D eigenvalue weighted by Crippen LogP contribution is 2.47. The number of carbonyl (C=O) groups excluding carboxylic acids is 1. The van der Waals surface area contributed by atoms with Crippen molar-refractivity contribution in [3.63, 3.8) is 0 Å². The molecule has 1 unspecified atom stereocenters. The van der Waals surface area contributed by atoms with E-state index >= 15 is 0 Å². The van der Waals surface area contributed by atoms with Crippen LogP contribution >= 0.6 is 0 Å². The van der Waals surface area contributed by atoms with Crippen LogP contribution < -0.4 is 16.4 Å². The lowest BCUT2D eigenvalue weighted by Crippen LogP contribution is -2.20. The highest BCUT2D eigenvalue weighted by Gasteiger charge is 2.45. The summed E-state index contributed by atoms with van der Waals surface area (Å²) in [5.41, 5.74) is 10.2. The van der Waals surface area contributed by atoms with E-state index in [1.807, 2.05) is 6.07 Å². The molecule has 1 saturated carbocycles. The number of aryl methyl sites for hydroxylation is 1. The molecule has 4 heteroatoms. The van der Waals surface area contributed by atoms with E-state index in [0.29, 0.717) is 23.6 Å². The van der Waals surface area contributed by atoms with Gasteiger partial charge in [-0.05, 0) is 36.0 Å².